The lowest BCUT2D eigenvalue weighted by Crippen LogP contribution is -2.05. The summed E-state index contributed by atoms with van der Waals surface area (Å²) in [6.45, 7) is 0. The minimum Gasteiger partial charge on any atom is -0.464 e. The van der Waals surface area contributed by atoms with E-state index in [1.54, 1.807) is 0 Å². The Bertz CT molecular complexity index is 1030. The van der Waals surface area contributed by atoms with E-state index in [1.165, 1.54) is 16.5 Å². The molecule has 4 rings (SSSR count). The number of hydrogen-bond acceptors (Lipinski definition) is 3. The summed E-state index contributed by atoms with van der Waals surface area (Å²) in [5.41, 5.74) is 4.45. The Morgan fingerprint density at radius 1 is 1.04 bits per heavy atom. The van der Waals surface area contributed by atoms with Crippen molar-refractivity contribution >= 4 is 46.7 Å². The molecule has 2 N–H and O–H groups in total. The van der Waals surface area contributed by atoms with Crippen molar-refractivity contribution in [3.05, 3.63) is 64.5 Å². The van der Waals surface area contributed by atoms with Gasteiger partial charge in [-0.25, -0.2) is 0 Å². The summed E-state index contributed by atoms with van der Waals surface area (Å²) in [6.07, 6.45) is 2.74. The average molecular weight is 340 g/mol. The number of H-pyrrole nitrogens is 2. The number of aromatic nitrogens is 2. The normalized spacial score (nSPS) is 12.9. The predicted octanol–water partition coefficient (Wildman–Crippen LogP) is 5.23. The van der Waals surface area contributed by atoms with Crippen molar-refractivity contribution in [2.24, 2.45) is 0 Å². The van der Waals surface area contributed by atoms with Gasteiger partial charge < -0.3 is 4.42 Å². The zero-order chi connectivity index (χ0) is 15.8. The van der Waals surface area contributed by atoms with E-state index in [4.69, 9.17) is 16.6 Å². The van der Waals surface area contributed by atoms with Crippen LogP contribution in [0, 0.1) is 4.64 Å². The fourth-order valence-corrected chi connectivity index (χ4v) is 3.70. The van der Waals surface area contributed by atoms with Gasteiger partial charge in [0.1, 0.15) is 10.2 Å². The molecule has 0 saturated carbocycles. The van der Waals surface area contributed by atoms with Crippen LogP contribution in [0.5, 0.6) is 0 Å². The summed E-state index contributed by atoms with van der Waals surface area (Å²) in [5, 5.41) is 8.46. The molecule has 3 nitrogen and oxygen atoms in total. The van der Waals surface area contributed by atoms with Gasteiger partial charge in [0.05, 0.1) is 11.8 Å². The fourth-order valence-electron chi connectivity index (χ4n) is 3.15. The molecule has 0 bridgehead atoms. The van der Waals surface area contributed by atoms with Gasteiger partial charge >= 0.3 is 0 Å². The number of aromatic amines is 2. The standard InChI is InChI=1S/C18H16N2OS2/c22-10-12(8-11-9-21-16-7-2-1-4-13(11)16)14-5-3-6-15-17(14)19-20-18(15)23/h1-7,9,12,22H,8,10H2,(H2,19,20,23). The molecule has 0 fully saturated rings. The number of benzene rings is 2. The molecule has 5 heteroatoms. The summed E-state index contributed by atoms with van der Waals surface area (Å²) in [7, 11) is 0. The van der Waals surface area contributed by atoms with Crippen LogP contribution in [-0.4, -0.2) is 16.0 Å². The Morgan fingerprint density at radius 3 is 2.74 bits per heavy atom. The molecule has 0 spiro atoms. The van der Waals surface area contributed by atoms with Gasteiger partial charge in [-0.2, -0.15) is 12.6 Å². The highest BCUT2D eigenvalue weighted by atomic mass is 32.1. The molecule has 0 amide bonds. The number of rotatable bonds is 4. The number of fused-ring (bicyclic) bond motifs is 2. The van der Waals surface area contributed by atoms with Crippen molar-refractivity contribution in [1.82, 2.24) is 10.2 Å². The van der Waals surface area contributed by atoms with Crippen molar-refractivity contribution in [2.75, 3.05) is 5.75 Å². The van der Waals surface area contributed by atoms with Crippen molar-refractivity contribution in [3.8, 4) is 0 Å². The monoisotopic (exact) mass is 340 g/mol. The lowest BCUT2D eigenvalue weighted by atomic mass is 9.92. The number of hydrogen-bond donors (Lipinski definition) is 3. The zero-order valence-electron chi connectivity index (χ0n) is 12.4. The van der Waals surface area contributed by atoms with E-state index < -0.39 is 0 Å². The van der Waals surface area contributed by atoms with E-state index in [0.29, 0.717) is 0 Å². The van der Waals surface area contributed by atoms with Crippen LogP contribution in [0.25, 0.3) is 21.9 Å². The van der Waals surface area contributed by atoms with Crippen LogP contribution in [0.2, 0.25) is 0 Å². The maximum absolute atomic E-state index is 5.67. The lowest BCUT2D eigenvalue weighted by Gasteiger charge is -2.15. The first kappa shape index (κ1) is 14.6. The minimum atomic E-state index is 0.282. The largest absolute Gasteiger partial charge is 0.464 e. The summed E-state index contributed by atoms with van der Waals surface area (Å²) in [6, 6.07) is 14.4. The minimum absolute atomic E-state index is 0.282. The van der Waals surface area contributed by atoms with Gasteiger partial charge in [-0.3, -0.25) is 10.2 Å². The molecule has 2 aromatic carbocycles. The van der Waals surface area contributed by atoms with E-state index in [1.807, 2.05) is 30.5 Å². The van der Waals surface area contributed by atoms with Crippen LogP contribution < -0.4 is 0 Å². The molecular formula is C18H16N2OS2. The highest BCUT2D eigenvalue weighted by Crippen LogP contribution is 2.31. The van der Waals surface area contributed by atoms with Gasteiger partial charge in [0.15, 0.2) is 0 Å². The third kappa shape index (κ3) is 2.50. The summed E-state index contributed by atoms with van der Waals surface area (Å²) >= 11 is 9.91. The first-order valence-electron chi connectivity index (χ1n) is 7.53. The first-order valence-corrected chi connectivity index (χ1v) is 8.57. The number of para-hydroxylation sites is 2. The van der Waals surface area contributed by atoms with Gasteiger partial charge in [0.25, 0.3) is 0 Å². The highest BCUT2D eigenvalue weighted by Gasteiger charge is 2.17. The molecule has 0 aliphatic rings. The van der Waals surface area contributed by atoms with Crippen molar-refractivity contribution in [1.29, 1.82) is 0 Å². The second kappa shape index (κ2) is 5.91. The molecule has 4 aromatic rings. The van der Waals surface area contributed by atoms with E-state index in [0.717, 1.165) is 33.3 Å². The van der Waals surface area contributed by atoms with Gasteiger partial charge in [0.2, 0.25) is 0 Å². The highest BCUT2D eigenvalue weighted by molar-refractivity contribution is 7.80. The Hall–Kier alpha value is -1.98. The molecule has 0 radical (unpaired) electrons. The molecule has 2 aromatic heterocycles. The third-order valence-electron chi connectivity index (χ3n) is 4.33. The maximum atomic E-state index is 5.67. The SMILES string of the molecule is S=c1[nH][nH]c2c(C(CS)Cc3coc4ccccc34)cccc12. The number of nitrogens with one attached hydrogen (secondary N) is 2. The quantitative estimate of drug-likeness (QED) is 0.352. The van der Waals surface area contributed by atoms with Crippen LogP contribution >= 0.6 is 24.8 Å². The molecule has 0 saturated heterocycles. The van der Waals surface area contributed by atoms with Crippen LogP contribution in [-0.2, 0) is 6.42 Å². The van der Waals surface area contributed by atoms with Gasteiger partial charge in [0, 0.05) is 10.8 Å². The second-order valence-electron chi connectivity index (χ2n) is 5.69. The predicted molar refractivity (Wildman–Crippen MR) is 100.0 cm³/mol. The van der Waals surface area contributed by atoms with E-state index in [9.17, 15) is 0 Å². The molecule has 0 aliphatic carbocycles. The van der Waals surface area contributed by atoms with E-state index in [2.05, 4.69) is 41.0 Å². The first-order chi connectivity index (χ1) is 11.3. The van der Waals surface area contributed by atoms with Crippen LogP contribution in [0.4, 0.5) is 0 Å². The Labute approximate surface area is 144 Å². The summed E-state index contributed by atoms with van der Waals surface area (Å²) < 4.78 is 6.41. The van der Waals surface area contributed by atoms with E-state index >= 15 is 0 Å². The molecule has 1 unspecified atom stereocenters. The Balaban J connectivity index is 1.77. The van der Waals surface area contributed by atoms with Crippen molar-refractivity contribution in [2.45, 2.75) is 12.3 Å². The molecule has 1 atom stereocenters. The topological polar surface area (TPSA) is 44.7 Å². The third-order valence-corrected chi connectivity index (χ3v) is 5.09. The molecule has 116 valence electrons. The number of furan rings is 1. The fraction of sp³-hybridized carbons (Fsp3) is 0.167. The lowest BCUT2D eigenvalue weighted by molar-refractivity contribution is 0.607. The summed E-state index contributed by atoms with van der Waals surface area (Å²) in [5.74, 6) is 1.04. The van der Waals surface area contributed by atoms with Crippen LogP contribution in [0.3, 0.4) is 0 Å². The summed E-state index contributed by atoms with van der Waals surface area (Å²) in [4.78, 5) is 0. The number of thiol groups is 1. The smallest absolute Gasteiger partial charge is 0.134 e. The average Bonchev–Trinajstić information content (AvgIpc) is 3.17. The van der Waals surface area contributed by atoms with Crippen LogP contribution in [0.15, 0.2) is 53.1 Å². The van der Waals surface area contributed by atoms with Crippen LogP contribution in [0.1, 0.15) is 17.0 Å². The van der Waals surface area contributed by atoms with Crippen molar-refractivity contribution < 1.29 is 4.42 Å². The maximum Gasteiger partial charge on any atom is 0.134 e. The molecular weight excluding hydrogens is 324 g/mol. The molecule has 2 heterocycles. The Kier molecular flexibility index (Phi) is 3.75. The van der Waals surface area contributed by atoms with Crippen molar-refractivity contribution in [3.63, 3.8) is 0 Å². The molecule has 23 heavy (non-hydrogen) atoms. The Morgan fingerprint density at radius 2 is 1.87 bits per heavy atom. The van der Waals surface area contributed by atoms with Gasteiger partial charge in [-0.1, -0.05) is 42.5 Å². The van der Waals surface area contributed by atoms with E-state index in [-0.39, 0.29) is 5.92 Å². The molecule has 0 aliphatic heterocycles. The zero-order valence-corrected chi connectivity index (χ0v) is 14.1. The van der Waals surface area contributed by atoms with Gasteiger partial charge in [-0.05, 0) is 41.4 Å². The van der Waals surface area contributed by atoms with Gasteiger partial charge in [-0.15, -0.1) is 0 Å². The second-order valence-corrected chi connectivity index (χ2v) is 6.46.